The molecule has 1 rings (SSSR count). The van der Waals surface area contributed by atoms with Crippen molar-refractivity contribution in [3.8, 4) is 0 Å². The van der Waals surface area contributed by atoms with Gasteiger partial charge in [-0.05, 0) is 24.1 Å². The van der Waals surface area contributed by atoms with Crippen LogP contribution in [0.2, 0.25) is 0 Å². The third-order valence-electron chi connectivity index (χ3n) is 1.60. The quantitative estimate of drug-likeness (QED) is 0.626. The predicted molar refractivity (Wildman–Crippen MR) is 55.9 cm³/mol. The highest BCUT2D eigenvalue weighted by atomic mass is 32.2. The zero-order valence-corrected chi connectivity index (χ0v) is 8.33. The summed E-state index contributed by atoms with van der Waals surface area (Å²) in [7, 11) is 0. The summed E-state index contributed by atoms with van der Waals surface area (Å²) < 4.78 is 2.78. The molecule has 14 heavy (non-hydrogen) atoms. The fourth-order valence-corrected chi connectivity index (χ4v) is 1.60. The molecule has 4 N–H and O–H groups in total. The van der Waals surface area contributed by atoms with Gasteiger partial charge in [0.25, 0.3) is 0 Å². The first-order valence-corrected chi connectivity index (χ1v) is 4.96. The van der Waals surface area contributed by atoms with Crippen molar-refractivity contribution >= 4 is 17.9 Å². The maximum atomic E-state index is 10.6. The lowest BCUT2D eigenvalue weighted by Crippen LogP contribution is -2.38. The van der Waals surface area contributed by atoms with Gasteiger partial charge in [-0.15, -0.1) is 0 Å². The van der Waals surface area contributed by atoms with Crippen LogP contribution >= 0.6 is 11.9 Å². The first kappa shape index (κ1) is 11.0. The molecule has 0 bridgehead atoms. The Kier molecular flexibility index (Phi) is 4.45. The third kappa shape index (κ3) is 3.37. The normalized spacial score (nSPS) is 12.4. The molecule has 4 nitrogen and oxygen atoms in total. The van der Waals surface area contributed by atoms with E-state index >= 15 is 0 Å². The SMILES string of the molecule is NCC(NSc1ccccc1)C(=O)O. The largest absolute Gasteiger partial charge is 0.480 e. The van der Waals surface area contributed by atoms with E-state index in [2.05, 4.69) is 4.72 Å². The van der Waals surface area contributed by atoms with Gasteiger partial charge in [-0.2, -0.15) is 0 Å². The van der Waals surface area contributed by atoms with Gasteiger partial charge in [-0.3, -0.25) is 4.79 Å². The molecule has 0 amide bonds. The molecular weight excluding hydrogens is 200 g/mol. The maximum absolute atomic E-state index is 10.6. The van der Waals surface area contributed by atoms with Crippen molar-refractivity contribution in [2.24, 2.45) is 5.73 Å². The summed E-state index contributed by atoms with van der Waals surface area (Å²) >= 11 is 1.27. The lowest BCUT2D eigenvalue weighted by atomic mass is 10.3. The molecule has 0 saturated carbocycles. The monoisotopic (exact) mass is 212 g/mol. The maximum Gasteiger partial charge on any atom is 0.322 e. The van der Waals surface area contributed by atoms with Crippen molar-refractivity contribution in [1.82, 2.24) is 4.72 Å². The van der Waals surface area contributed by atoms with Crippen LogP contribution in [0.15, 0.2) is 35.2 Å². The van der Waals surface area contributed by atoms with Gasteiger partial charge in [-0.25, -0.2) is 4.72 Å². The van der Waals surface area contributed by atoms with Crippen LogP contribution in [0.25, 0.3) is 0 Å². The van der Waals surface area contributed by atoms with E-state index in [9.17, 15) is 4.79 Å². The minimum atomic E-state index is -0.934. The predicted octanol–water partition coefficient (Wildman–Crippen LogP) is 0.695. The van der Waals surface area contributed by atoms with Crippen LogP contribution in [0.5, 0.6) is 0 Å². The molecular formula is C9H12N2O2S. The lowest BCUT2D eigenvalue weighted by Gasteiger charge is -2.10. The zero-order valence-electron chi connectivity index (χ0n) is 7.51. The topological polar surface area (TPSA) is 75.3 Å². The van der Waals surface area contributed by atoms with E-state index in [0.717, 1.165) is 4.90 Å². The van der Waals surface area contributed by atoms with E-state index < -0.39 is 12.0 Å². The Bertz CT molecular complexity index is 292. The van der Waals surface area contributed by atoms with Gasteiger partial charge in [-0.1, -0.05) is 18.2 Å². The second-order valence-electron chi connectivity index (χ2n) is 2.66. The number of nitrogens with one attached hydrogen (secondary N) is 1. The molecule has 1 aromatic rings. The molecule has 0 radical (unpaired) electrons. The highest BCUT2D eigenvalue weighted by Gasteiger charge is 2.14. The van der Waals surface area contributed by atoms with Gasteiger partial charge in [0.2, 0.25) is 0 Å². The molecule has 1 unspecified atom stereocenters. The third-order valence-corrected chi connectivity index (χ3v) is 2.51. The van der Waals surface area contributed by atoms with E-state index in [1.807, 2.05) is 30.3 Å². The Morgan fingerprint density at radius 3 is 2.64 bits per heavy atom. The number of carboxylic acid groups (broad SMARTS) is 1. The second kappa shape index (κ2) is 5.64. The Morgan fingerprint density at radius 2 is 2.14 bits per heavy atom. The standard InChI is InChI=1S/C9H12N2O2S/c10-6-8(9(12)13)11-14-7-4-2-1-3-5-7/h1-5,8,11H,6,10H2,(H,12,13). The molecule has 0 aromatic heterocycles. The first-order chi connectivity index (χ1) is 6.74. The molecule has 0 fully saturated rings. The summed E-state index contributed by atoms with van der Waals surface area (Å²) in [5.41, 5.74) is 5.28. The van der Waals surface area contributed by atoms with Crippen LogP contribution in [-0.2, 0) is 4.79 Å². The molecule has 76 valence electrons. The van der Waals surface area contributed by atoms with Crippen molar-refractivity contribution in [3.63, 3.8) is 0 Å². The van der Waals surface area contributed by atoms with E-state index in [1.54, 1.807) is 0 Å². The number of benzene rings is 1. The van der Waals surface area contributed by atoms with Crippen LogP contribution in [0.3, 0.4) is 0 Å². The average Bonchev–Trinajstić information content (AvgIpc) is 2.20. The molecule has 0 spiro atoms. The first-order valence-electron chi connectivity index (χ1n) is 4.14. The molecule has 0 saturated heterocycles. The number of carboxylic acids is 1. The van der Waals surface area contributed by atoms with Crippen molar-refractivity contribution in [2.45, 2.75) is 10.9 Å². The Hall–Kier alpha value is -1.04. The van der Waals surface area contributed by atoms with Gasteiger partial charge in [0.1, 0.15) is 6.04 Å². The Balaban J connectivity index is 2.44. The number of hydrogen-bond acceptors (Lipinski definition) is 4. The summed E-state index contributed by atoms with van der Waals surface area (Å²) in [6, 6.07) is 8.77. The van der Waals surface area contributed by atoms with Crippen LogP contribution in [-0.4, -0.2) is 23.7 Å². The lowest BCUT2D eigenvalue weighted by molar-refractivity contribution is -0.138. The number of hydrogen-bond donors (Lipinski definition) is 3. The van der Waals surface area contributed by atoms with Gasteiger partial charge in [0, 0.05) is 11.4 Å². The van der Waals surface area contributed by atoms with Crippen molar-refractivity contribution < 1.29 is 9.90 Å². The molecule has 0 aliphatic heterocycles. The number of nitrogens with two attached hydrogens (primary N) is 1. The second-order valence-corrected chi connectivity index (χ2v) is 3.57. The van der Waals surface area contributed by atoms with E-state index in [1.165, 1.54) is 11.9 Å². The Labute approximate surface area is 86.6 Å². The smallest absolute Gasteiger partial charge is 0.322 e. The Morgan fingerprint density at radius 1 is 1.50 bits per heavy atom. The molecule has 5 heteroatoms. The molecule has 1 atom stereocenters. The molecule has 0 heterocycles. The molecule has 0 aliphatic carbocycles. The van der Waals surface area contributed by atoms with Crippen LogP contribution in [0, 0.1) is 0 Å². The van der Waals surface area contributed by atoms with Gasteiger partial charge in [0.05, 0.1) is 0 Å². The number of carbonyl (C=O) groups is 1. The minimum absolute atomic E-state index is 0.0785. The van der Waals surface area contributed by atoms with Crippen LogP contribution in [0.4, 0.5) is 0 Å². The highest BCUT2D eigenvalue weighted by Crippen LogP contribution is 2.13. The van der Waals surface area contributed by atoms with Gasteiger partial charge in [0.15, 0.2) is 0 Å². The zero-order chi connectivity index (χ0) is 10.4. The molecule has 1 aromatic carbocycles. The van der Waals surface area contributed by atoms with Crippen LogP contribution in [0.1, 0.15) is 0 Å². The number of aliphatic carboxylic acids is 1. The fraction of sp³-hybridized carbons (Fsp3) is 0.222. The van der Waals surface area contributed by atoms with E-state index in [0.29, 0.717) is 0 Å². The summed E-state index contributed by atoms with van der Waals surface area (Å²) in [6.45, 7) is 0.0785. The van der Waals surface area contributed by atoms with Crippen molar-refractivity contribution in [2.75, 3.05) is 6.54 Å². The molecule has 0 aliphatic rings. The summed E-state index contributed by atoms with van der Waals surface area (Å²) in [5.74, 6) is -0.934. The van der Waals surface area contributed by atoms with E-state index in [4.69, 9.17) is 10.8 Å². The van der Waals surface area contributed by atoms with Gasteiger partial charge >= 0.3 is 5.97 Å². The number of rotatable bonds is 5. The van der Waals surface area contributed by atoms with Crippen molar-refractivity contribution in [3.05, 3.63) is 30.3 Å². The van der Waals surface area contributed by atoms with Crippen LogP contribution < -0.4 is 10.5 Å². The minimum Gasteiger partial charge on any atom is -0.480 e. The highest BCUT2D eigenvalue weighted by molar-refractivity contribution is 7.97. The summed E-state index contributed by atoms with van der Waals surface area (Å²) in [5, 5.41) is 8.70. The van der Waals surface area contributed by atoms with Crippen molar-refractivity contribution in [1.29, 1.82) is 0 Å². The van der Waals surface area contributed by atoms with Gasteiger partial charge < -0.3 is 10.8 Å². The fourth-order valence-electron chi connectivity index (χ4n) is 0.827. The summed E-state index contributed by atoms with van der Waals surface area (Å²) in [4.78, 5) is 11.6. The summed E-state index contributed by atoms with van der Waals surface area (Å²) in [6.07, 6.45) is 0. The average molecular weight is 212 g/mol. The van der Waals surface area contributed by atoms with E-state index in [-0.39, 0.29) is 6.54 Å².